The maximum atomic E-state index is 10.8. The van der Waals surface area contributed by atoms with E-state index in [-0.39, 0.29) is 11.9 Å². The molecule has 0 aliphatic carbocycles. The predicted octanol–water partition coefficient (Wildman–Crippen LogP) is 0.228. The number of rotatable bonds is 4. The Kier molecular flexibility index (Phi) is 4.98. The Balaban J connectivity index is 2.21. The number of aliphatic carboxylic acids is 1. The Morgan fingerprint density at radius 3 is 2.56 bits per heavy atom. The van der Waals surface area contributed by atoms with Gasteiger partial charge in [0.25, 0.3) is 0 Å². The van der Waals surface area contributed by atoms with Crippen molar-refractivity contribution in [3.63, 3.8) is 0 Å². The first-order valence-electron chi connectivity index (χ1n) is 5.47. The molecular formula is C11H18N2O3. The fourth-order valence-corrected chi connectivity index (χ4v) is 1.85. The third-order valence-electron chi connectivity index (χ3n) is 2.62. The van der Waals surface area contributed by atoms with E-state index in [1.165, 1.54) is 13.0 Å². The van der Waals surface area contributed by atoms with Gasteiger partial charge in [-0.05, 0) is 12.8 Å². The van der Waals surface area contributed by atoms with E-state index in [2.05, 4.69) is 10.2 Å². The number of hydrogen-bond acceptors (Lipinski definition) is 3. The van der Waals surface area contributed by atoms with Crippen LogP contribution in [0.2, 0.25) is 0 Å². The Bertz CT molecular complexity index is 281. The van der Waals surface area contributed by atoms with Gasteiger partial charge in [-0.2, -0.15) is 0 Å². The Morgan fingerprint density at radius 2 is 2.06 bits per heavy atom. The summed E-state index contributed by atoms with van der Waals surface area (Å²) in [5, 5.41) is 11.3. The molecule has 0 bridgehead atoms. The zero-order valence-electron chi connectivity index (χ0n) is 9.48. The van der Waals surface area contributed by atoms with Crippen LogP contribution in [-0.2, 0) is 9.59 Å². The minimum Gasteiger partial charge on any atom is -0.478 e. The molecule has 0 radical (unpaired) electrons. The third-order valence-corrected chi connectivity index (χ3v) is 2.62. The summed E-state index contributed by atoms with van der Waals surface area (Å²) < 4.78 is 0. The molecule has 0 aromatic rings. The number of amides is 1. The second kappa shape index (κ2) is 6.27. The summed E-state index contributed by atoms with van der Waals surface area (Å²) in [6, 6.07) is 0.275. The molecule has 1 fully saturated rings. The molecule has 0 atom stereocenters. The van der Waals surface area contributed by atoms with Gasteiger partial charge >= 0.3 is 5.97 Å². The van der Waals surface area contributed by atoms with Gasteiger partial charge in [-0.25, -0.2) is 4.79 Å². The van der Waals surface area contributed by atoms with Crippen molar-refractivity contribution in [3.05, 3.63) is 12.2 Å². The summed E-state index contributed by atoms with van der Waals surface area (Å²) in [6.45, 7) is 3.99. The lowest BCUT2D eigenvalue weighted by Crippen LogP contribution is -2.43. The molecule has 1 aliphatic rings. The standard InChI is InChI=1S/C11H18N2O3/c1-9(14)12-10-4-7-13(8-5-10)6-2-3-11(15)16/h2-3,10H,4-8H2,1H3,(H,12,14)(H,15,16)/b3-2+. The molecule has 1 rings (SSSR count). The fourth-order valence-electron chi connectivity index (χ4n) is 1.85. The monoisotopic (exact) mass is 226 g/mol. The van der Waals surface area contributed by atoms with Crippen LogP contribution in [0.4, 0.5) is 0 Å². The van der Waals surface area contributed by atoms with Crippen LogP contribution in [0.3, 0.4) is 0 Å². The highest BCUT2D eigenvalue weighted by Gasteiger charge is 2.18. The van der Waals surface area contributed by atoms with Crippen LogP contribution in [-0.4, -0.2) is 47.6 Å². The molecule has 5 heteroatoms. The van der Waals surface area contributed by atoms with Gasteiger partial charge in [0.1, 0.15) is 0 Å². The highest BCUT2D eigenvalue weighted by molar-refractivity contribution is 5.79. The van der Waals surface area contributed by atoms with Crippen LogP contribution in [0.15, 0.2) is 12.2 Å². The molecule has 1 aliphatic heterocycles. The number of nitrogens with zero attached hydrogens (tertiary/aromatic N) is 1. The number of carboxylic acid groups (broad SMARTS) is 1. The van der Waals surface area contributed by atoms with Gasteiger partial charge in [0.15, 0.2) is 0 Å². The van der Waals surface area contributed by atoms with Crippen molar-refractivity contribution in [1.82, 2.24) is 10.2 Å². The lowest BCUT2D eigenvalue weighted by atomic mass is 10.1. The first-order chi connectivity index (χ1) is 7.58. The minimum absolute atomic E-state index is 0.0178. The summed E-state index contributed by atoms with van der Waals surface area (Å²) >= 11 is 0. The number of nitrogens with one attached hydrogen (secondary N) is 1. The molecule has 1 heterocycles. The van der Waals surface area contributed by atoms with E-state index in [0.29, 0.717) is 6.54 Å². The van der Waals surface area contributed by atoms with Crippen LogP contribution in [0.25, 0.3) is 0 Å². The molecule has 5 nitrogen and oxygen atoms in total. The Hall–Kier alpha value is -1.36. The molecule has 16 heavy (non-hydrogen) atoms. The highest BCUT2D eigenvalue weighted by Crippen LogP contribution is 2.09. The van der Waals surface area contributed by atoms with E-state index < -0.39 is 5.97 Å². The van der Waals surface area contributed by atoms with Crippen molar-refractivity contribution < 1.29 is 14.7 Å². The topological polar surface area (TPSA) is 69.6 Å². The summed E-state index contributed by atoms with van der Waals surface area (Å²) in [5.41, 5.74) is 0. The largest absolute Gasteiger partial charge is 0.478 e. The highest BCUT2D eigenvalue weighted by atomic mass is 16.4. The van der Waals surface area contributed by atoms with Crippen molar-refractivity contribution in [1.29, 1.82) is 0 Å². The van der Waals surface area contributed by atoms with E-state index >= 15 is 0 Å². The zero-order chi connectivity index (χ0) is 12.0. The second-order valence-corrected chi connectivity index (χ2v) is 4.02. The lowest BCUT2D eigenvalue weighted by Gasteiger charge is -2.31. The fraction of sp³-hybridized carbons (Fsp3) is 0.636. The van der Waals surface area contributed by atoms with E-state index in [9.17, 15) is 9.59 Å². The van der Waals surface area contributed by atoms with Crippen molar-refractivity contribution >= 4 is 11.9 Å². The van der Waals surface area contributed by atoms with Crippen molar-refractivity contribution in [2.45, 2.75) is 25.8 Å². The van der Waals surface area contributed by atoms with Gasteiger partial charge in [0.05, 0.1) is 0 Å². The molecule has 90 valence electrons. The van der Waals surface area contributed by atoms with E-state index in [4.69, 9.17) is 5.11 Å². The number of carbonyl (C=O) groups is 2. The van der Waals surface area contributed by atoms with E-state index in [1.807, 2.05) is 0 Å². The molecular weight excluding hydrogens is 208 g/mol. The summed E-state index contributed by atoms with van der Waals surface area (Å²) in [5.74, 6) is -0.891. The summed E-state index contributed by atoms with van der Waals surface area (Å²) in [4.78, 5) is 23.3. The molecule has 0 unspecified atom stereocenters. The molecule has 0 spiro atoms. The second-order valence-electron chi connectivity index (χ2n) is 4.02. The first-order valence-corrected chi connectivity index (χ1v) is 5.47. The van der Waals surface area contributed by atoms with Crippen LogP contribution in [0, 0.1) is 0 Å². The number of likely N-dealkylation sites (tertiary alicyclic amines) is 1. The van der Waals surface area contributed by atoms with Crippen molar-refractivity contribution in [2.24, 2.45) is 0 Å². The smallest absolute Gasteiger partial charge is 0.328 e. The van der Waals surface area contributed by atoms with Crippen LogP contribution < -0.4 is 5.32 Å². The quantitative estimate of drug-likeness (QED) is 0.673. The molecule has 0 aromatic carbocycles. The zero-order valence-corrected chi connectivity index (χ0v) is 9.48. The van der Waals surface area contributed by atoms with Gasteiger partial charge < -0.3 is 10.4 Å². The summed E-state index contributed by atoms with van der Waals surface area (Å²) in [7, 11) is 0. The molecule has 1 saturated heterocycles. The first kappa shape index (κ1) is 12.7. The van der Waals surface area contributed by atoms with Gasteiger partial charge in [-0.15, -0.1) is 0 Å². The number of carboxylic acids is 1. The predicted molar refractivity (Wildman–Crippen MR) is 60.1 cm³/mol. The van der Waals surface area contributed by atoms with Crippen LogP contribution >= 0.6 is 0 Å². The third kappa shape index (κ3) is 4.93. The average molecular weight is 226 g/mol. The van der Waals surface area contributed by atoms with Gasteiger partial charge in [-0.3, -0.25) is 9.69 Å². The SMILES string of the molecule is CC(=O)NC1CCN(C/C=C/C(=O)O)CC1. The van der Waals surface area contributed by atoms with Gasteiger partial charge in [0, 0.05) is 38.7 Å². The van der Waals surface area contributed by atoms with Crippen LogP contribution in [0.1, 0.15) is 19.8 Å². The van der Waals surface area contributed by atoms with E-state index in [0.717, 1.165) is 25.9 Å². The van der Waals surface area contributed by atoms with Gasteiger partial charge in [0.2, 0.25) is 5.91 Å². The van der Waals surface area contributed by atoms with Crippen molar-refractivity contribution in [3.8, 4) is 0 Å². The number of piperidine rings is 1. The number of carbonyl (C=O) groups excluding carboxylic acids is 1. The molecule has 1 amide bonds. The maximum absolute atomic E-state index is 10.8. The normalized spacial score (nSPS) is 18.8. The lowest BCUT2D eigenvalue weighted by molar-refractivity contribution is -0.131. The molecule has 0 aromatic heterocycles. The Labute approximate surface area is 95.1 Å². The van der Waals surface area contributed by atoms with E-state index in [1.54, 1.807) is 6.08 Å². The van der Waals surface area contributed by atoms with Crippen LogP contribution in [0.5, 0.6) is 0 Å². The van der Waals surface area contributed by atoms with Gasteiger partial charge in [-0.1, -0.05) is 6.08 Å². The average Bonchev–Trinajstić information content (AvgIpc) is 2.19. The number of hydrogen-bond donors (Lipinski definition) is 2. The maximum Gasteiger partial charge on any atom is 0.328 e. The minimum atomic E-state index is -0.909. The Morgan fingerprint density at radius 1 is 1.44 bits per heavy atom. The molecule has 2 N–H and O–H groups in total. The summed E-state index contributed by atoms with van der Waals surface area (Å²) in [6.07, 6.45) is 4.68. The van der Waals surface area contributed by atoms with Crippen molar-refractivity contribution in [2.75, 3.05) is 19.6 Å². The molecule has 0 saturated carbocycles.